The van der Waals surface area contributed by atoms with E-state index in [1.165, 1.54) is 0 Å². The van der Waals surface area contributed by atoms with E-state index >= 15 is 0 Å². The first kappa shape index (κ1) is 17.8. The molecule has 0 saturated heterocycles. The molecule has 1 amide bonds. The van der Waals surface area contributed by atoms with Gasteiger partial charge in [0.15, 0.2) is 0 Å². The molecule has 0 aliphatic heterocycles. The van der Waals surface area contributed by atoms with E-state index in [2.05, 4.69) is 0 Å². The van der Waals surface area contributed by atoms with Crippen LogP contribution in [-0.4, -0.2) is 32.1 Å². The number of amides is 1. The molecule has 128 valence electrons. The number of carbonyl (C=O) groups is 1. The average Bonchev–Trinajstić information content (AvgIpc) is 2.61. The number of rotatable bonds is 6. The highest BCUT2D eigenvalue weighted by Crippen LogP contribution is 2.26. The summed E-state index contributed by atoms with van der Waals surface area (Å²) in [6.07, 6.45) is 0. The molecule has 2 N–H and O–H groups in total. The molecule has 2 aromatic rings. The molecule has 5 heteroatoms. The van der Waals surface area contributed by atoms with Crippen molar-refractivity contribution >= 4 is 5.91 Å². The van der Waals surface area contributed by atoms with Gasteiger partial charge in [-0.3, -0.25) is 4.79 Å². The minimum atomic E-state index is -0.681. The van der Waals surface area contributed by atoms with Crippen molar-refractivity contribution in [3.8, 4) is 11.5 Å². The van der Waals surface area contributed by atoms with Crippen molar-refractivity contribution in [2.24, 2.45) is 5.73 Å². The van der Waals surface area contributed by atoms with Gasteiger partial charge in [0.05, 0.1) is 14.2 Å². The van der Waals surface area contributed by atoms with Crippen molar-refractivity contribution in [2.45, 2.75) is 19.5 Å². The molecule has 0 heterocycles. The molecule has 0 fully saturated rings. The number of hydrogen-bond acceptors (Lipinski definition) is 4. The number of methoxy groups -OCH3 is 2. The number of carbonyl (C=O) groups excluding carboxylic acids is 1. The maximum absolute atomic E-state index is 12.6. The van der Waals surface area contributed by atoms with Crippen LogP contribution in [0.3, 0.4) is 0 Å². The predicted octanol–water partition coefficient (Wildman–Crippen LogP) is 2.67. The van der Waals surface area contributed by atoms with Gasteiger partial charge in [0, 0.05) is 25.2 Å². The van der Waals surface area contributed by atoms with Crippen LogP contribution in [0.15, 0.2) is 42.5 Å². The maximum Gasteiger partial charge on any atom is 0.244 e. The van der Waals surface area contributed by atoms with Crippen LogP contribution < -0.4 is 15.2 Å². The number of ether oxygens (including phenoxy) is 2. The van der Waals surface area contributed by atoms with Crippen molar-refractivity contribution in [3.63, 3.8) is 0 Å². The summed E-state index contributed by atoms with van der Waals surface area (Å²) in [6, 6.07) is 12.5. The van der Waals surface area contributed by atoms with E-state index in [-0.39, 0.29) is 5.91 Å². The molecule has 0 bridgehead atoms. The molecular weight excluding hydrogens is 304 g/mol. The summed E-state index contributed by atoms with van der Waals surface area (Å²) < 4.78 is 10.6. The first-order valence-corrected chi connectivity index (χ1v) is 7.74. The molecule has 2 rings (SSSR count). The topological polar surface area (TPSA) is 64.8 Å². The number of nitrogens with zero attached hydrogens (tertiary/aromatic N) is 1. The minimum absolute atomic E-state index is 0.142. The Balaban J connectivity index is 2.12. The number of aryl methyl sites for hydroxylation is 1. The van der Waals surface area contributed by atoms with Gasteiger partial charge in [0.2, 0.25) is 5.91 Å². The van der Waals surface area contributed by atoms with E-state index in [0.29, 0.717) is 18.0 Å². The molecule has 0 aliphatic carbocycles. The van der Waals surface area contributed by atoms with Crippen molar-refractivity contribution in [3.05, 3.63) is 59.2 Å². The molecule has 0 saturated carbocycles. The third-order valence-corrected chi connectivity index (χ3v) is 3.98. The Morgan fingerprint density at radius 1 is 1.12 bits per heavy atom. The second-order valence-electron chi connectivity index (χ2n) is 5.76. The van der Waals surface area contributed by atoms with Gasteiger partial charge < -0.3 is 20.1 Å². The SMILES string of the molecule is COc1ccc(CN(C)C(=O)C(N)c2ccc(C)cc2)c(OC)c1. The lowest BCUT2D eigenvalue weighted by Gasteiger charge is -2.23. The first-order chi connectivity index (χ1) is 11.5. The van der Waals surface area contributed by atoms with E-state index in [1.54, 1.807) is 32.2 Å². The van der Waals surface area contributed by atoms with Crippen molar-refractivity contribution < 1.29 is 14.3 Å². The third kappa shape index (κ3) is 4.06. The molecular formula is C19H24N2O3. The summed E-state index contributed by atoms with van der Waals surface area (Å²) in [6.45, 7) is 2.41. The van der Waals surface area contributed by atoms with Gasteiger partial charge in [-0.1, -0.05) is 29.8 Å². The van der Waals surface area contributed by atoms with Gasteiger partial charge >= 0.3 is 0 Å². The summed E-state index contributed by atoms with van der Waals surface area (Å²) in [5.74, 6) is 1.25. The Hall–Kier alpha value is -2.53. The number of likely N-dealkylation sites (N-methyl/N-ethyl adjacent to an activating group) is 1. The Labute approximate surface area is 143 Å². The second kappa shape index (κ2) is 7.84. The Kier molecular flexibility index (Phi) is 5.82. The lowest BCUT2D eigenvalue weighted by Crippen LogP contribution is -2.35. The fourth-order valence-corrected chi connectivity index (χ4v) is 2.47. The highest BCUT2D eigenvalue weighted by molar-refractivity contribution is 5.82. The zero-order valence-corrected chi connectivity index (χ0v) is 14.6. The van der Waals surface area contributed by atoms with Crippen LogP contribution in [0.4, 0.5) is 0 Å². The summed E-state index contributed by atoms with van der Waals surface area (Å²) in [5.41, 5.74) is 8.95. The van der Waals surface area contributed by atoms with E-state index in [1.807, 2.05) is 43.3 Å². The normalized spacial score (nSPS) is 11.7. The molecule has 0 spiro atoms. The summed E-state index contributed by atoms with van der Waals surface area (Å²) in [5, 5.41) is 0. The Morgan fingerprint density at radius 3 is 2.38 bits per heavy atom. The summed E-state index contributed by atoms with van der Waals surface area (Å²) >= 11 is 0. The van der Waals surface area contributed by atoms with Crippen LogP contribution in [-0.2, 0) is 11.3 Å². The first-order valence-electron chi connectivity index (χ1n) is 7.74. The zero-order chi connectivity index (χ0) is 17.7. The third-order valence-electron chi connectivity index (χ3n) is 3.98. The summed E-state index contributed by atoms with van der Waals surface area (Å²) in [7, 11) is 4.93. The lowest BCUT2D eigenvalue weighted by molar-refractivity contribution is -0.132. The second-order valence-corrected chi connectivity index (χ2v) is 5.76. The smallest absolute Gasteiger partial charge is 0.244 e. The molecule has 0 aromatic heterocycles. The fourth-order valence-electron chi connectivity index (χ4n) is 2.47. The maximum atomic E-state index is 12.6. The standard InChI is InChI=1S/C19H24N2O3/c1-13-5-7-14(8-6-13)18(20)19(22)21(2)12-15-9-10-16(23-3)11-17(15)24-4/h5-11,18H,12,20H2,1-4H3. The van der Waals surface area contributed by atoms with Gasteiger partial charge in [-0.15, -0.1) is 0 Å². The van der Waals surface area contributed by atoms with Gasteiger partial charge in [-0.2, -0.15) is 0 Å². The summed E-state index contributed by atoms with van der Waals surface area (Å²) in [4.78, 5) is 14.2. The predicted molar refractivity (Wildman–Crippen MR) is 94.1 cm³/mol. The molecule has 2 aromatic carbocycles. The number of benzene rings is 2. The molecule has 1 atom stereocenters. The zero-order valence-electron chi connectivity index (χ0n) is 14.6. The van der Waals surface area contributed by atoms with Gasteiger partial charge in [-0.05, 0) is 24.6 Å². The largest absolute Gasteiger partial charge is 0.497 e. The van der Waals surface area contributed by atoms with Gasteiger partial charge in [0.1, 0.15) is 17.5 Å². The van der Waals surface area contributed by atoms with E-state index in [9.17, 15) is 4.79 Å². The monoisotopic (exact) mass is 328 g/mol. The number of hydrogen-bond donors (Lipinski definition) is 1. The Morgan fingerprint density at radius 2 is 1.79 bits per heavy atom. The molecule has 1 unspecified atom stereocenters. The van der Waals surface area contributed by atoms with Crippen LogP contribution in [0, 0.1) is 6.92 Å². The molecule has 5 nitrogen and oxygen atoms in total. The van der Waals surface area contributed by atoms with Crippen LogP contribution >= 0.6 is 0 Å². The quantitative estimate of drug-likeness (QED) is 0.885. The highest BCUT2D eigenvalue weighted by atomic mass is 16.5. The lowest BCUT2D eigenvalue weighted by atomic mass is 10.0. The van der Waals surface area contributed by atoms with Crippen LogP contribution in [0.5, 0.6) is 11.5 Å². The minimum Gasteiger partial charge on any atom is -0.497 e. The van der Waals surface area contributed by atoms with Crippen molar-refractivity contribution in [1.29, 1.82) is 0 Å². The van der Waals surface area contributed by atoms with Crippen LogP contribution in [0.1, 0.15) is 22.7 Å². The molecule has 0 aliphatic rings. The van der Waals surface area contributed by atoms with Crippen molar-refractivity contribution in [2.75, 3.05) is 21.3 Å². The number of nitrogens with two attached hydrogens (primary N) is 1. The van der Waals surface area contributed by atoms with Gasteiger partial charge in [-0.25, -0.2) is 0 Å². The van der Waals surface area contributed by atoms with Gasteiger partial charge in [0.25, 0.3) is 0 Å². The fraction of sp³-hybridized carbons (Fsp3) is 0.316. The van der Waals surface area contributed by atoms with E-state index < -0.39 is 6.04 Å². The van der Waals surface area contributed by atoms with E-state index in [4.69, 9.17) is 15.2 Å². The Bertz CT molecular complexity index is 698. The van der Waals surface area contributed by atoms with Crippen LogP contribution in [0.2, 0.25) is 0 Å². The van der Waals surface area contributed by atoms with Crippen molar-refractivity contribution in [1.82, 2.24) is 4.90 Å². The highest BCUT2D eigenvalue weighted by Gasteiger charge is 2.21. The molecule has 24 heavy (non-hydrogen) atoms. The van der Waals surface area contributed by atoms with Crippen LogP contribution in [0.25, 0.3) is 0 Å². The van der Waals surface area contributed by atoms with E-state index in [0.717, 1.165) is 16.7 Å². The molecule has 0 radical (unpaired) electrons. The average molecular weight is 328 g/mol.